The first-order valence-corrected chi connectivity index (χ1v) is 6.75. The second-order valence-electron chi connectivity index (χ2n) is 3.53. The third-order valence-electron chi connectivity index (χ3n) is 2.19. The Labute approximate surface area is 125 Å². The molecule has 0 aliphatic carbocycles. The molecule has 0 saturated carbocycles. The SMILES string of the molecule is O=C(O)c1ccc(Sc2ncc([N+](=O)[O-])cc2Br)nc1. The molecule has 0 spiro atoms. The van der Waals surface area contributed by atoms with Gasteiger partial charge in [-0.1, -0.05) is 0 Å². The zero-order valence-corrected chi connectivity index (χ0v) is 12.1. The number of nitrogens with zero attached hydrogens (tertiary/aromatic N) is 3. The van der Waals surface area contributed by atoms with Crippen LogP contribution in [0, 0.1) is 10.1 Å². The topological polar surface area (TPSA) is 106 Å². The molecule has 0 saturated heterocycles. The van der Waals surface area contributed by atoms with Gasteiger partial charge in [-0.2, -0.15) is 0 Å². The Balaban J connectivity index is 2.21. The minimum atomic E-state index is -1.05. The van der Waals surface area contributed by atoms with E-state index >= 15 is 0 Å². The van der Waals surface area contributed by atoms with Crippen molar-refractivity contribution in [1.29, 1.82) is 0 Å². The first-order valence-electron chi connectivity index (χ1n) is 5.14. The van der Waals surface area contributed by atoms with Crippen molar-refractivity contribution in [2.24, 2.45) is 0 Å². The summed E-state index contributed by atoms with van der Waals surface area (Å²) in [5, 5.41) is 20.4. The minimum Gasteiger partial charge on any atom is -0.478 e. The highest BCUT2D eigenvalue weighted by Gasteiger charge is 2.12. The summed E-state index contributed by atoms with van der Waals surface area (Å²) in [5.41, 5.74) is -0.0273. The van der Waals surface area contributed by atoms with Crippen LogP contribution in [0.3, 0.4) is 0 Å². The molecule has 20 heavy (non-hydrogen) atoms. The van der Waals surface area contributed by atoms with Crippen LogP contribution in [0.1, 0.15) is 10.4 Å². The van der Waals surface area contributed by atoms with Crippen molar-refractivity contribution in [3.63, 3.8) is 0 Å². The smallest absolute Gasteiger partial charge is 0.337 e. The summed E-state index contributed by atoms with van der Waals surface area (Å²) >= 11 is 4.37. The van der Waals surface area contributed by atoms with Crippen molar-refractivity contribution in [3.8, 4) is 0 Å². The lowest BCUT2D eigenvalue weighted by Gasteiger charge is -2.03. The zero-order chi connectivity index (χ0) is 14.7. The molecule has 7 nitrogen and oxygen atoms in total. The quantitative estimate of drug-likeness (QED) is 0.663. The summed E-state index contributed by atoms with van der Waals surface area (Å²) < 4.78 is 0.473. The normalized spacial score (nSPS) is 10.2. The Bertz CT molecular complexity index is 678. The number of carboxylic acids is 1. The molecular formula is C11H6BrN3O4S. The lowest BCUT2D eigenvalue weighted by atomic mass is 10.3. The van der Waals surface area contributed by atoms with Crippen molar-refractivity contribution in [3.05, 3.63) is 50.7 Å². The largest absolute Gasteiger partial charge is 0.478 e. The van der Waals surface area contributed by atoms with E-state index in [1.54, 1.807) is 6.07 Å². The van der Waals surface area contributed by atoms with Crippen molar-refractivity contribution in [2.45, 2.75) is 10.1 Å². The molecule has 2 aromatic heterocycles. The Morgan fingerprint density at radius 1 is 1.35 bits per heavy atom. The third-order valence-corrected chi connectivity index (χ3v) is 4.02. The summed E-state index contributed by atoms with van der Waals surface area (Å²) in [5.74, 6) is -1.05. The van der Waals surface area contributed by atoms with Crippen molar-refractivity contribution in [1.82, 2.24) is 9.97 Å². The van der Waals surface area contributed by atoms with Gasteiger partial charge in [-0.05, 0) is 39.8 Å². The summed E-state index contributed by atoms with van der Waals surface area (Å²) in [6.45, 7) is 0. The average molecular weight is 356 g/mol. The Kier molecular flexibility index (Phi) is 4.30. The summed E-state index contributed by atoms with van der Waals surface area (Å²) in [4.78, 5) is 28.7. The second-order valence-corrected chi connectivity index (χ2v) is 5.39. The van der Waals surface area contributed by atoms with Gasteiger partial charge in [0, 0.05) is 12.3 Å². The Morgan fingerprint density at radius 3 is 2.60 bits per heavy atom. The molecule has 102 valence electrons. The molecule has 0 aliphatic heterocycles. The van der Waals surface area contributed by atoms with E-state index in [0.29, 0.717) is 14.5 Å². The van der Waals surface area contributed by atoms with Gasteiger partial charge >= 0.3 is 5.97 Å². The number of hydrogen-bond donors (Lipinski definition) is 1. The first kappa shape index (κ1) is 14.4. The van der Waals surface area contributed by atoms with Crippen LogP contribution < -0.4 is 0 Å². The number of hydrogen-bond acceptors (Lipinski definition) is 6. The number of aromatic carboxylic acids is 1. The monoisotopic (exact) mass is 355 g/mol. The van der Waals surface area contributed by atoms with E-state index < -0.39 is 10.9 Å². The number of nitro groups is 1. The summed E-state index contributed by atoms with van der Waals surface area (Å²) in [6.07, 6.45) is 2.39. The van der Waals surface area contributed by atoms with E-state index in [9.17, 15) is 14.9 Å². The van der Waals surface area contributed by atoms with Crippen LogP contribution in [0.4, 0.5) is 5.69 Å². The van der Waals surface area contributed by atoms with E-state index in [1.165, 1.54) is 30.1 Å². The molecule has 9 heteroatoms. The molecule has 0 aromatic carbocycles. The van der Waals surface area contributed by atoms with Gasteiger partial charge < -0.3 is 5.11 Å². The minimum absolute atomic E-state index is 0.0880. The summed E-state index contributed by atoms with van der Waals surface area (Å²) in [6, 6.07) is 4.32. The van der Waals surface area contributed by atoms with Gasteiger partial charge in [0.25, 0.3) is 5.69 Å². The van der Waals surface area contributed by atoms with Crippen LogP contribution in [-0.2, 0) is 0 Å². The highest BCUT2D eigenvalue weighted by molar-refractivity contribution is 9.10. The van der Waals surface area contributed by atoms with Crippen molar-refractivity contribution < 1.29 is 14.8 Å². The molecule has 0 bridgehead atoms. The number of halogens is 1. The third kappa shape index (κ3) is 3.31. The highest BCUT2D eigenvalue weighted by atomic mass is 79.9. The maximum Gasteiger partial charge on any atom is 0.337 e. The number of rotatable bonds is 4. The van der Waals surface area contributed by atoms with Crippen LogP contribution in [-0.4, -0.2) is 26.0 Å². The molecule has 0 radical (unpaired) electrons. The van der Waals surface area contributed by atoms with Crippen LogP contribution >= 0.6 is 27.7 Å². The predicted molar refractivity (Wildman–Crippen MR) is 73.9 cm³/mol. The maximum atomic E-state index is 10.7. The van der Waals surface area contributed by atoms with Gasteiger partial charge in [-0.25, -0.2) is 14.8 Å². The fraction of sp³-hybridized carbons (Fsp3) is 0. The van der Waals surface area contributed by atoms with Crippen LogP contribution in [0.2, 0.25) is 0 Å². The molecule has 0 unspecified atom stereocenters. The molecular weight excluding hydrogens is 350 g/mol. The number of carbonyl (C=O) groups is 1. The number of aromatic nitrogens is 2. The molecule has 0 fully saturated rings. The highest BCUT2D eigenvalue weighted by Crippen LogP contribution is 2.32. The van der Waals surface area contributed by atoms with Gasteiger partial charge in [-0.15, -0.1) is 0 Å². The van der Waals surface area contributed by atoms with E-state index in [-0.39, 0.29) is 11.3 Å². The van der Waals surface area contributed by atoms with Gasteiger partial charge in [0.2, 0.25) is 0 Å². The molecule has 2 rings (SSSR count). The zero-order valence-electron chi connectivity index (χ0n) is 9.69. The van der Waals surface area contributed by atoms with Gasteiger partial charge in [0.15, 0.2) is 0 Å². The molecule has 2 heterocycles. The van der Waals surface area contributed by atoms with Crippen molar-refractivity contribution in [2.75, 3.05) is 0 Å². The van der Waals surface area contributed by atoms with Crippen LogP contribution in [0.15, 0.2) is 45.1 Å². The van der Waals surface area contributed by atoms with Crippen molar-refractivity contribution >= 4 is 39.3 Å². The molecule has 0 aliphatic rings. The fourth-order valence-corrected chi connectivity index (χ4v) is 2.54. The molecule has 0 amide bonds. The Hall–Kier alpha value is -2.00. The average Bonchev–Trinajstić information content (AvgIpc) is 2.41. The number of carboxylic acid groups (broad SMARTS) is 1. The van der Waals surface area contributed by atoms with Gasteiger partial charge in [0.1, 0.15) is 16.2 Å². The van der Waals surface area contributed by atoms with E-state index in [1.807, 2.05) is 0 Å². The van der Waals surface area contributed by atoms with Crippen LogP contribution in [0.25, 0.3) is 0 Å². The lowest BCUT2D eigenvalue weighted by Crippen LogP contribution is -1.97. The molecule has 2 aromatic rings. The first-order chi connectivity index (χ1) is 9.47. The molecule has 1 N–H and O–H groups in total. The maximum absolute atomic E-state index is 10.7. The van der Waals surface area contributed by atoms with E-state index in [2.05, 4.69) is 25.9 Å². The van der Waals surface area contributed by atoms with E-state index in [0.717, 1.165) is 6.20 Å². The predicted octanol–water partition coefficient (Wildman–Crippen LogP) is 3.00. The second kappa shape index (κ2) is 5.97. The fourth-order valence-electron chi connectivity index (χ4n) is 1.26. The van der Waals surface area contributed by atoms with E-state index in [4.69, 9.17) is 5.11 Å². The number of pyridine rings is 2. The van der Waals surface area contributed by atoms with Gasteiger partial charge in [0.05, 0.1) is 15.0 Å². The van der Waals surface area contributed by atoms with Crippen LogP contribution in [0.5, 0.6) is 0 Å². The Morgan fingerprint density at radius 2 is 2.10 bits per heavy atom. The lowest BCUT2D eigenvalue weighted by molar-refractivity contribution is -0.385. The van der Waals surface area contributed by atoms with Gasteiger partial charge in [-0.3, -0.25) is 10.1 Å². The molecule has 0 atom stereocenters. The standard InChI is InChI=1S/C11H6BrN3O4S/c12-8-3-7(15(18)19)5-14-10(8)20-9-2-1-6(4-13-9)11(16)17/h1-5H,(H,16,17). The summed E-state index contributed by atoms with van der Waals surface area (Å²) in [7, 11) is 0.